The minimum Gasteiger partial charge on any atom is -0.497 e. The van der Waals surface area contributed by atoms with Crippen LogP contribution in [-0.2, 0) is 0 Å². The molecule has 1 atom stereocenters. The zero-order valence-corrected chi connectivity index (χ0v) is 15.3. The third kappa shape index (κ3) is 3.54. The van der Waals surface area contributed by atoms with Gasteiger partial charge in [0.05, 0.1) is 13.2 Å². The molecule has 1 aromatic heterocycles. The number of piperazine rings is 1. The maximum absolute atomic E-state index is 13.0. The molecular weight excluding hydrogens is 316 g/mol. The summed E-state index contributed by atoms with van der Waals surface area (Å²) in [6.07, 6.45) is 1.70. The second-order valence-corrected chi connectivity index (χ2v) is 6.78. The van der Waals surface area contributed by atoms with Crippen molar-refractivity contribution in [3.63, 3.8) is 0 Å². The number of likely N-dealkylation sites (N-methyl/N-ethyl adjacent to an activating group) is 1. The molecule has 1 aliphatic rings. The average molecular weight is 342 g/mol. The Bertz CT molecular complexity index is 723. The normalized spacial score (nSPS) is 18.6. The van der Waals surface area contributed by atoms with Gasteiger partial charge in [-0.2, -0.15) is 5.10 Å². The number of aromatic nitrogens is 2. The maximum atomic E-state index is 13.0. The number of nitrogens with zero attached hydrogens (tertiary/aromatic N) is 4. The monoisotopic (exact) mass is 342 g/mol. The molecule has 3 rings (SSSR count). The van der Waals surface area contributed by atoms with Crippen molar-refractivity contribution in [1.82, 2.24) is 19.6 Å². The van der Waals surface area contributed by atoms with Crippen molar-refractivity contribution in [2.75, 3.05) is 33.8 Å². The van der Waals surface area contributed by atoms with Crippen LogP contribution in [-0.4, -0.2) is 59.3 Å². The number of rotatable bonds is 4. The minimum absolute atomic E-state index is 0.0535. The van der Waals surface area contributed by atoms with Crippen molar-refractivity contribution in [3.8, 4) is 5.75 Å². The summed E-state index contributed by atoms with van der Waals surface area (Å²) < 4.78 is 7.03. The van der Waals surface area contributed by atoms with E-state index in [0.717, 1.165) is 18.8 Å². The van der Waals surface area contributed by atoms with Crippen LogP contribution < -0.4 is 4.74 Å². The molecule has 2 heterocycles. The van der Waals surface area contributed by atoms with Crippen molar-refractivity contribution in [1.29, 1.82) is 0 Å². The number of carbonyl (C=O) groups excluding carboxylic acids is 1. The van der Waals surface area contributed by atoms with E-state index in [9.17, 15) is 4.79 Å². The molecule has 0 saturated carbocycles. The molecule has 6 nitrogen and oxygen atoms in total. The summed E-state index contributed by atoms with van der Waals surface area (Å²) in [6, 6.07) is 10.2. The highest BCUT2D eigenvalue weighted by molar-refractivity contribution is 5.92. The first-order valence-electron chi connectivity index (χ1n) is 8.68. The van der Waals surface area contributed by atoms with Crippen molar-refractivity contribution in [3.05, 3.63) is 47.8 Å². The number of benzene rings is 1. The van der Waals surface area contributed by atoms with Crippen LogP contribution in [0.15, 0.2) is 36.5 Å². The van der Waals surface area contributed by atoms with Gasteiger partial charge in [-0.15, -0.1) is 0 Å². The molecule has 0 spiro atoms. The van der Waals surface area contributed by atoms with Gasteiger partial charge in [-0.25, -0.2) is 0 Å². The van der Waals surface area contributed by atoms with E-state index in [1.165, 1.54) is 5.56 Å². The predicted molar refractivity (Wildman–Crippen MR) is 96.9 cm³/mol. The Balaban J connectivity index is 1.79. The van der Waals surface area contributed by atoms with Crippen LogP contribution in [0.25, 0.3) is 0 Å². The summed E-state index contributed by atoms with van der Waals surface area (Å²) >= 11 is 0. The van der Waals surface area contributed by atoms with Gasteiger partial charge in [-0.1, -0.05) is 12.1 Å². The molecule has 0 radical (unpaired) electrons. The van der Waals surface area contributed by atoms with Crippen LogP contribution in [0.2, 0.25) is 0 Å². The molecule has 0 bridgehead atoms. The summed E-state index contributed by atoms with van der Waals surface area (Å²) in [6.45, 7) is 6.32. The van der Waals surface area contributed by atoms with Gasteiger partial charge >= 0.3 is 0 Å². The molecule has 1 aromatic carbocycles. The van der Waals surface area contributed by atoms with Gasteiger partial charge in [0.25, 0.3) is 5.91 Å². The highest BCUT2D eigenvalue weighted by Crippen LogP contribution is 2.26. The molecule has 0 N–H and O–H groups in total. The van der Waals surface area contributed by atoms with Gasteiger partial charge in [-0.05, 0) is 44.7 Å². The summed E-state index contributed by atoms with van der Waals surface area (Å²) in [4.78, 5) is 17.2. The fraction of sp³-hybridized carbons (Fsp3) is 0.474. The molecule has 1 saturated heterocycles. The zero-order chi connectivity index (χ0) is 18.0. The largest absolute Gasteiger partial charge is 0.497 e. The number of amides is 1. The van der Waals surface area contributed by atoms with Crippen molar-refractivity contribution >= 4 is 5.91 Å². The minimum atomic E-state index is 0.0535. The maximum Gasteiger partial charge on any atom is 0.272 e. The van der Waals surface area contributed by atoms with Gasteiger partial charge in [0.15, 0.2) is 0 Å². The second kappa shape index (κ2) is 7.27. The Morgan fingerprint density at radius 2 is 1.92 bits per heavy atom. The number of ether oxygens (including phenoxy) is 1. The van der Waals surface area contributed by atoms with E-state index >= 15 is 0 Å². The molecule has 0 unspecified atom stereocenters. The Kier molecular flexibility index (Phi) is 5.08. The van der Waals surface area contributed by atoms with Gasteiger partial charge in [0.1, 0.15) is 11.4 Å². The standard InChI is InChI=1S/C19H26N4O2/c1-14(2)23-17(9-10-20-23)19(24)22-12-11-21(3)18(13-22)15-5-7-16(25-4)8-6-15/h5-10,14,18H,11-13H2,1-4H3/t18-/m1/s1. The van der Waals surface area contributed by atoms with Crippen LogP contribution >= 0.6 is 0 Å². The summed E-state index contributed by atoms with van der Waals surface area (Å²) in [5, 5.41) is 4.29. The molecule has 1 aliphatic heterocycles. The fourth-order valence-electron chi connectivity index (χ4n) is 3.30. The molecule has 25 heavy (non-hydrogen) atoms. The SMILES string of the molecule is COc1ccc([C@H]2CN(C(=O)c3ccnn3C(C)C)CCN2C)cc1. The van der Waals surface area contributed by atoms with Crippen LogP contribution in [0.1, 0.15) is 42.0 Å². The lowest BCUT2D eigenvalue weighted by atomic mass is 10.0. The van der Waals surface area contributed by atoms with Crippen LogP contribution in [0.3, 0.4) is 0 Å². The first-order valence-corrected chi connectivity index (χ1v) is 8.68. The lowest BCUT2D eigenvalue weighted by molar-refractivity contribution is 0.0533. The van der Waals surface area contributed by atoms with E-state index in [2.05, 4.69) is 29.2 Å². The smallest absolute Gasteiger partial charge is 0.272 e. The van der Waals surface area contributed by atoms with Gasteiger partial charge in [0.2, 0.25) is 0 Å². The highest BCUT2D eigenvalue weighted by Gasteiger charge is 2.30. The molecule has 134 valence electrons. The lowest BCUT2D eigenvalue weighted by Gasteiger charge is -2.39. The first kappa shape index (κ1) is 17.5. The van der Waals surface area contributed by atoms with E-state index < -0.39 is 0 Å². The molecule has 1 amide bonds. The Morgan fingerprint density at radius 3 is 2.56 bits per heavy atom. The Morgan fingerprint density at radius 1 is 1.20 bits per heavy atom. The van der Waals surface area contributed by atoms with Crippen molar-refractivity contribution in [2.45, 2.75) is 25.9 Å². The zero-order valence-electron chi connectivity index (χ0n) is 15.3. The number of hydrogen-bond donors (Lipinski definition) is 0. The van der Waals surface area contributed by atoms with Gasteiger partial charge in [0, 0.05) is 31.9 Å². The van der Waals surface area contributed by atoms with Crippen molar-refractivity contribution < 1.29 is 9.53 Å². The molecule has 0 aliphatic carbocycles. The van der Waals surface area contributed by atoms with E-state index in [1.54, 1.807) is 18.0 Å². The Labute approximate surface area is 149 Å². The van der Waals surface area contributed by atoms with Crippen LogP contribution in [0, 0.1) is 0 Å². The average Bonchev–Trinajstić information content (AvgIpc) is 3.12. The summed E-state index contributed by atoms with van der Waals surface area (Å²) in [5.74, 6) is 0.897. The lowest BCUT2D eigenvalue weighted by Crippen LogP contribution is -2.49. The fourth-order valence-corrected chi connectivity index (χ4v) is 3.30. The van der Waals surface area contributed by atoms with Crippen LogP contribution in [0.4, 0.5) is 0 Å². The van der Waals surface area contributed by atoms with Gasteiger partial charge < -0.3 is 9.64 Å². The predicted octanol–water partition coefficient (Wildman–Crippen LogP) is 2.60. The topological polar surface area (TPSA) is 50.6 Å². The molecule has 6 heteroatoms. The van der Waals surface area contributed by atoms with Crippen molar-refractivity contribution in [2.24, 2.45) is 0 Å². The number of carbonyl (C=O) groups is 1. The van der Waals surface area contributed by atoms with Gasteiger partial charge in [-0.3, -0.25) is 14.4 Å². The molecular formula is C19H26N4O2. The Hall–Kier alpha value is -2.34. The van der Waals surface area contributed by atoms with Crippen LogP contribution in [0.5, 0.6) is 5.75 Å². The molecule has 2 aromatic rings. The number of hydrogen-bond acceptors (Lipinski definition) is 4. The van der Waals surface area contributed by atoms with E-state index in [-0.39, 0.29) is 18.0 Å². The number of methoxy groups -OCH3 is 1. The van der Waals surface area contributed by atoms with E-state index in [4.69, 9.17) is 4.74 Å². The van der Waals surface area contributed by atoms with E-state index in [0.29, 0.717) is 12.2 Å². The summed E-state index contributed by atoms with van der Waals surface area (Å²) in [5.41, 5.74) is 1.85. The summed E-state index contributed by atoms with van der Waals surface area (Å²) in [7, 11) is 3.77. The molecule has 1 fully saturated rings. The van der Waals surface area contributed by atoms with E-state index in [1.807, 2.05) is 36.9 Å². The highest BCUT2D eigenvalue weighted by atomic mass is 16.5. The third-order valence-corrected chi connectivity index (χ3v) is 4.81. The second-order valence-electron chi connectivity index (χ2n) is 6.78. The third-order valence-electron chi connectivity index (χ3n) is 4.81. The first-order chi connectivity index (χ1) is 12.0. The quantitative estimate of drug-likeness (QED) is 0.857.